The molecule has 0 saturated carbocycles. The summed E-state index contributed by atoms with van der Waals surface area (Å²) in [6, 6.07) is 6.31. The molecule has 3 N–H and O–H groups in total. The predicted molar refractivity (Wildman–Crippen MR) is 129 cm³/mol. The zero-order chi connectivity index (χ0) is 24.9. The first-order chi connectivity index (χ1) is 17.0. The van der Waals surface area contributed by atoms with Gasteiger partial charge in [0.25, 0.3) is 5.91 Å². The third kappa shape index (κ3) is 4.76. The SMILES string of the molecule is COc1cc(OC)c(C2C(C(=O)Nc3cccnc3)=C(C)Nc3nc(CCCO)nn32)cc1OC. The predicted octanol–water partition coefficient (Wildman–Crippen LogP) is 2.55. The van der Waals surface area contributed by atoms with Crippen molar-refractivity contribution in [2.24, 2.45) is 0 Å². The van der Waals surface area contributed by atoms with E-state index in [1.807, 2.05) is 6.92 Å². The van der Waals surface area contributed by atoms with Crippen LogP contribution in [0.1, 0.15) is 30.8 Å². The molecule has 0 aliphatic carbocycles. The van der Waals surface area contributed by atoms with Crippen molar-refractivity contribution >= 4 is 17.5 Å². The molecule has 4 rings (SSSR count). The van der Waals surface area contributed by atoms with Gasteiger partial charge in [-0.15, -0.1) is 0 Å². The standard InChI is InChI=1S/C24H28N6O5/c1-14-21(23(32)27-15-7-5-9-25-13-15)22(30-24(26-14)28-20(29-30)8-6-10-31)16-11-18(34-3)19(35-4)12-17(16)33-2/h5,7,9,11-13,22,31H,6,8,10H2,1-4H3,(H,27,32)(H,26,28,29). The summed E-state index contributed by atoms with van der Waals surface area (Å²) in [5, 5.41) is 20.0. The highest BCUT2D eigenvalue weighted by Gasteiger charge is 2.36. The molecule has 3 aromatic rings. The number of nitrogens with zero attached hydrogens (tertiary/aromatic N) is 4. The molecular weight excluding hydrogens is 452 g/mol. The van der Waals surface area contributed by atoms with Crippen molar-refractivity contribution in [2.75, 3.05) is 38.6 Å². The maximum absolute atomic E-state index is 13.6. The molecular formula is C24H28N6O5. The van der Waals surface area contributed by atoms with Crippen LogP contribution in [0.5, 0.6) is 17.2 Å². The van der Waals surface area contributed by atoms with Gasteiger partial charge in [-0.1, -0.05) is 0 Å². The molecule has 0 bridgehead atoms. The number of carbonyl (C=O) groups is 1. The number of fused-ring (bicyclic) bond motifs is 1. The van der Waals surface area contributed by atoms with Crippen LogP contribution in [0.2, 0.25) is 0 Å². The van der Waals surface area contributed by atoms with Crippen LogP contribution in [-0.2, 0) is 11.2 Å². The second-order valence-electron chi connectivity index (χ2n) is 7.83. The van der Waals surface area contributed by atoms with Gasteiger partial charge in [0.2, 0.25) is 5.95 Å². The summed E-state index contributed by atoms with van der Waals surface area (Å²) < 4.78 is 18.3. The summed E-state index contributed by atoms with van der Waals surface area (Å²) in [7, 11) is 4.63. The van der Waals surface area contributed by atoms with Gasteiger partial charge in [0.1, 0.15) is 11.8 Å². The third-order valence-corrected chi connectivity index (χ3v) is 5.65. The van der Waals surface area contributed by atoms with Crippen LogP contribution in [0.4, 0.5) is 11.6 Å². The molecule has 1 amide bonds. The van der Waals surface area contributed by atoms with E-state index in [-0.39, 0.29) is 12.5 Å². The Morgan fingerprint density at radius 3 is 2.57 bits per heavy atom. The molecule has 1 aliphatic heterocycles. The monoisotopic (exact) mass is 480 g/mol. The lowest BCUT2D eigenvalue weighted by Gasteiger charge is -2.30. The lowest BCUT2D eigenvalue weighted by molar-refractivity contribution is -0.113. The van der Waals surface area contributed by atoms with E-state index in [0.29, 0.717) is 64.4 Å². The van der Waals surface area contributed by atoms with Crippen molar-refractivity contribution < 1.29 is 24.1 Å². The summed E-state index contributed by atoms with van der Waals surface area (Å²) in [6.45, 7) is 1.84. The maximum Gasteiger partial charge on any atom is 0.255 e. The molecule has 0 spiro atoms. The zero-order valence-electron chi connectivity index (χ0n) is 20.0. The number of methoxy groups -OCH3 is 3. The molecule has 184 valence electrons. The van der Waals surface area contributed by atoms with Crippen molar-refractivity contribution in [1.82, 2.24) is 19.7 Å². The molecule has 1 atom stereocenters. The number of hydrogen-bond donors (Lipinski definition) is 3. The first-order valence-electron chi connectivity index (χ1n) is 11.1. The minimum absolute atomic E-state index is 0.0281. The lowest BCUT2D eigenvalue weighted by atomic mass is 9.93. The van der Waals surface area contributed by atoms with Gasteiger partial charge in [-0.3, -0.25) is 9.78 Å². The number of aryl methyl sites for hydroxylation is 1. The first-order valence-corrected chi connectivity index (χ1v) is 11.1. The molecule has 11 heteroatoms. The molecule has 3 heterocycles. The Labute approximate surface area is 202 Å². The maximum atomic E-state index is 13.6. The summed E-state index contributed by atoms with van der Waals surface area (Å²) >= 11 is 0. The number of allylic oxidation sites excluding steroid dienone is 1. The van der Waals surface area contributed by atoms with Crippen LogP contribution >= 0.6 is 0 Å². The zero-order valence-corrected chi connectivity index (χ0v) is 20.0. The van der Waals surface area contributed by atoms with Gasteiger partial charge in [-0.05, 0) is 31.5 Å². The molecule has 11 nitrogen and oxygen atoms in total. The summed E-state index contributed by atoms with van der Waals surface area (Å²) in [5.41, 5.74) is 2.23. The molecule has 1 aromatic carbocycles. The number of aromatic nitrogens is 4. The van der Waals surface area contributed by atoms with E-state index in [1.54, 1.807) is 62.7 Å². The number of ether oxygens (including phenoxy) is 3. The second kappa shape index (κ2) is 10.4. The number of carbonyl (C=O) groups excluding carboxylic acids is 1. The van der Waals surface area contributed by atoms with Crippen molar-refractivity contribution in [3.63, 3.8) is 0 Å². The summed E-state index contributed by atoms with van der Waals surface area (Å²) in [6.07, 6.45) is 4.22. The highest BCUT2D eigenvalue weighted by Crippen LogP contribution is 2.44. The van der Waals surface area contributed by atoms with Gasteiger partial charge < -0.3 is 30.0 Å². The number of aliphatic hydroxyl groups is 1. The Morgan fingerprint density at radius 2 is 1.91 bits per heavy atom. The van der Waals surface area contributed by atoms with Gasteiger partial charge in [-0.2, -0.15) is 10.1 Å². The number of amides is 1. The van der Waals surface area contributed by atoms with Gasteiger partial charge in [0.05, 0.1) is 38.8 Å². The Balaban J connectivity index is 1.87. The highest BCUT2D eigenvalue weighted by atomic mass is 16.5. The van der Waals surface area contributed by atoms with Crippen LogP contribution in [0, 0.1) is 0 Å². The quantitative estimate of drug-likeness (QED) is 0.423. The molecule has 1 unspecified atom stereocenters. The second-order valence-corrected chi connectivity index (χ2v) is 7.83. The molecule has 0 fully saturated rings. The topological polar surface area (TPSA) is 133 Å². The van der Waals surface area contributed by atoms with E-state index >= 15 is 0 Å². The summed E-state index contributed by atoms with van der Waals surface area (Å²) in [4.78, 5) is 22.3. The Hall–Kier alpha value is -4.12. The molecule has 35 heavy (non-hydrogen) atoms. The molecule has 0 radical (unpaired) electrons. The van der Waals surface area contributed by atoms with Crippen LogP contribution in [0.25, 0.3) is 0 Å². The van der Waals surface area contributed by atoms with Crippen LogP contribution < -0.4 is 24.8 Å². The van der Waals surface area contributed by atoms with Gasteiger partial charge in [0.15, 0.2) is 17.3 Å². The number of pyridine rings is 1. The van der Waals surface area contributed by atoms with Crippen LogP contribution in [0.3, 0.4) is 0 Å². The van der Waals surface area contributed by atoms with Gasteiger partial charge in [-0.25, -0.2) is 4.68 Å². The Bertz CT molecular complexity index is 1240. The average molecular weight is 481 g/mol. The minimum Gasteiger partial charge on any atom is -0.496 e. The largest absolute Gasteiger partial charge is 0.496 e. The molecule has 1 aliphatic rings. The minimum atomic E-state index is -0.687. The van der Waals surface area contributed by atoms with E-state index in [2.05, 4.69) is 25.7 Å². The number of hydrogen-bond acceptors (Lipinski definition) is 9. The highest BCUT2D eigenvalue weighted by molar-refractivity contribution is 6.06. The van der Waals surface area contributed by atoms with Crippen molar-refractivity contribution in [2.45, 2.75) is 25.8 Å². The Morgan fingerprint density at radius 1 is 1.17 bits per heavy atom. The number of benzene rings is 1. The smallest absolute Gasteiger partial charge is 0.255 e. The van der Waals surface area contributed by atoms with Crippen molar-refractivity contribution in [1.29, 1.82) is 0 Å². The number of anilines is 2. The van der Waals surface area contributed by atoms with Crippen molar-refractivity contribution in [3.8, 4) is 17.2 Å². The van der Waals surface area contributed by atoms with Gasteiger partial charge in [0, 0.05) is 36.6 Å². The van der Waals surface area contributed by atoms with E-state index in [1.165, 1.54) is 0 Å². The molecule has 2 aromatic heterocycles. The van der Waals surface area contributed by atoms with E-state index in [9.17, 15) is 9.90 Å². The van der Waals surface area contributed by atoms with E-state index in [4.69, 9.17) is 14.2 Å². The fraction of sp³-hybridized carbons (Fsp3) is 0.333. The van der Waals surface area contributed by atoms with Crippen LogP contribution in [0.15, 0.2) is 47.9 Å². The number of aliphatic hydroxyl groups excluding tert-OH is 1. The van der Waals surface area contributed by atoms with E-state index in [0.717, 1.165) is 0 Å². The van der Waals surface area contributed by atoms with Crippen LogP contribution in [-0.4, -0.2) is 58.7 Å². The van der Waals surface area contributed by atoms with Gasteiger partial charge >= 0.3 is 0 Å². The fourth-order valence-corrected chi connectivity index (χ4v) is 4.02. The molecule has 0 saturated heterocycles. The number of rotatable bonds is 9. The third-order valence-electron chi connectivity index (χ3n) is 5.65. The average Bonchev–Trinajstić information content (AvgIpc) is 3.28. The fourth-order valence-electron chi connectivity index (χ4n) is 4.02. The first kappa shape index (κ1) is 24.0. The number of nitrogens with one attached hydrogen (secondary N) is 2. The van der Waals surface area contributed by atoms with Crippen molar-refractivity contribution in [3.05, 3.63) is 59.3 Å². The Kier molecular flexibility index (Phi) is 7.16. The van der Waals surface area contributed by atoms with E-state index < -0.39 is 6.04 Å². The lowest BCUT2D eigenvalue weighted by Crippen LogP contribution is -2.31. The summed E-state index contributed by atoms with van der Waals surface area (Å²) in [5.74, 6) is 2.17. The normalized spacial score (nSPS) is 14.7.